The second-order valence-electron chi connectivity index (χ2n) is 5.75. The molecule has 3 N–H and O–H groups in total. The molecule has 2 rings (SSSR count). The van der Waals surface area contributed by atoms with Crippen molar-refractivity contribution in [3.05, 3.63) is 34.9 Å². The van der Waals surface area contributed by atoms with E-state index in [9.17, 15) is 0 Å². The lowest BCUT2D eigenvalue weighted by atomic mass is 9.85. The van der Waals surface area contributed by atoms with Gasteiger partial charge < -0.3 is 10.9 Å². The molecule has 0 amide bonds. The topological polar surface area (TPSA) is 61.8 Å². The van der Waals surface area contributed by atoms with Gasteiger partial charge in [0.05, 0.1) is 0 Å². The number of amidine groups is 1. The minimum Gasteiger partial charge on any atom is -0.409 e. The Kier molecular flexibility index (Phi) is 5.01. The molecule has 20 heavy (non-hydrogen) atoms. The van der Waals surface area contributed by atoms with Gasteiger partial charge in [0.25, 0.3) is 0 Å². The fourth-order valence-corrected chi connectivity index (χ4v) is 2.68. The Morgan fingerprint density at radius 3 is 2.70 bits per heavy atom. The third-order valence-electron chi connectivity index (χ3n) is 4.33. The molecule has 0 atom stereocenters. The van der Waals surface area contributed by atoms with Crippen molar-refractivity contribution in [2.75, 3.05) is 13.1 Å². The number of hydrogen-bond acceptors (Lipinski definition) is 3. The van der Waals surface area contributed by atoms with Crippen molar-refractivity contribution in [1.29, 1.82) is 0 Å². The Morgan fingerprint density at radius 1 is 1.45 bits per heavy atom. The molecule has 0 saturated heterocycles. The van der Waals surface area contributed by atoms with Crippen molar-refractivity contribution in [3.63, 3.8) is 0 Å². The Balaban J connectivity index is 2.03. The van der Waals surface area contributed by atoms with Crippen molar-refractivity contribution < 1.29 is 5.21 Å². The molecule has 4 nitrogen and oxygen atoms in total. The summed E-state index contributed by atoms with van der Waals surface area (Å²) < 4.78 is 0. The normalized spacial score (nSPS) is 16.4. The van der Waals surface area contributed by atoms with E-state index < -0.39 is 0 Å². The van der Waals surface area contributed by atoms with Crippen molar-refractivity contribution in [2.45, 2.75) is 39.7 Å². The average Bonchev–Trinajstić information content (AvgIpc) is 2.42. The molecule has 1 aliphatic carbocycles. The molecule has 0 spiro atoms. The van der Waals surface area contributed by atoms with Crippen LogP contribution in [0, 0.1) is 12.8 Å². The van der Waals surface area contributed by atoms with Crippen LogP contribution in [-0.4, -0.2) is 29.0 Å². The molecular weight excluding hydrogens is 250 g/mol. The van der Waals surface area contributed by atoms with Crippen LogP contribution in [0.5, 0.6) is 0 Å². The molecule has 110 valence electrons. The first-order chi connectivity index (χ1) is 9.63. The lowest BCUT2D eigenvalue weighted by Crippen LogP contribution is -2.32. The van der Waals surface area contributed by atoms with Gasteiger partial charge in [-0.2, -0.15) is 0 Å². The van der Waals surface area contributed by atoms with E-state index in [1.54, 1.807) is 0 Å². The highest BCUT2D eigenvalue weighted by Crippen LogP contribution is 2.27. The van der Waals surface area contributed by atoms with Crippen LogP contribution in [0.4, 0.5) is 0 Å². The van der Waals surface area contributed by atoms with Gasteiger partial charge in [-0.25, -0.2) is 0 Å². The number of oxime groups is 1. The van der Waals surface area contributed by atoms with E-state index in [1.807, 2.05) is 12.1 Å². The zero-order valence-electron chi connectivity index (χ0n) is 12.5. The minimum absolute atomic E-state index is 0.168. The van der Waals surface area contributed by atoms with Gasteiger partial charge in [-0.3, -0.25) is 4.90 Å². The summed E-state index contributed by atoms with van der Waals surface area (Å²) in [5.41, 5.74) is 8.91. The molecule has 0 radical (unpaired) electrons. The van der Waals surface area contributed by atoms with E-state index in [0.717, 1.165) is 24.6 Å². The quantitative estimate of drug-likeness (QED) is 0.363. The molecule has 1 fully saturated rings. The van der Waals surface area contributed by atoms with E-state index in [4.69, 9.17) is 10.9 Å². The fraction of sp³-hybridized carbons (Fsp3) is 0.562. The molecule has 1 saturated carbocycles. The Hall–Kier alpha value is -1.55. The Labute approximate surface area is 121 Å². The summed E-state index contributed by atoms with van der Waals surface area (Å²) in [7, 11) is 0. The lowest BCUT2D eigenvalue weighted by Gasteiger charge is -2.32. The van der Waals surface area contributed by atoms with Crippen LogP contribution < -0.4 is 5.73 Å². The molecule has 4 heteroatoms. The maximum absolute atomic E-state index is 8.72. The first-order valence-electron chi connectivity index (χ1n) is 7.43. The number of hydrogen-bond donors (Lipinski definition) is 2. The first-order valence-corrected chi connectivity index (χ1v) is 7.43. The summed E-state index contributed by atoms with van der Waals surface area (Å²) >= 11 is 0. The molecule has 1 aliphatic rings. The number of nitrogens with zero attached hydrogens (tertiary/aromatic N) is 2. The van der Waals surface area contributed by atoms with Gasteiger partial charge in [-0.1, -0.05) is 30.6 Å². The third kappa shape index (κ3) is 3.51. The van der Waals surface area contributed by atoms with Crippen molar-refractivity contribution in [2.24, 2.45) is 16.8 Å². The Bertz CT molecular complexity index is 481. The van der Waals surface area contributed by atoms with Crippen LogP contribution >= 0.6 is 0 Å². The number of rotatable bonds is 6. The lowest BCUT2D eigenvalue weighted by molar-refractivity contribution is 0.178. The van der Waals surface area contributed by atoms with Gasteiger partial charge >= 0.3 is 0 Å². The van der Waals surface area contributed by atoms with E-state index in [2.05, 4.69) is 30.0 Å². The van der Waals surface area contributed by atoms with Crippen molar-refractivity contribution in [3.8, 4) is 0 Å². The van der Waals surface area contributed by atoms with E-state index >= 15 is 0 Å². The molecule has 1 aromatic rings. The molecule has 0 unspecified atom stereocenters. The minimum atomic E-state index is 0.168. The standard InChI is InChI=1S/C16H25N3O/c1-3-19(10-13-5-4-6-13)11-15-8-7-14(9-12(15)2)16(17)18-20/h7-9,13,20H,3-6,10-11H2,1-2H3,(H2,17,18). The molecule has 0 aromatic heterocycles. The zero-order chi connectivity index (χ0) is 14.5. The van der Waals surface area contributed by atoms with Crippen LogP contribution in [0.1, 0.15) is 42.9 Å². The SMILES string of the molecule is CCN(Cc1ccc(/C(N)=N/O)cc1C)CC1CCC1. The summed E-state index contributed by atoms with van der Waals surface area (Å²) in [4.78, 5) is 2.51. The predicted octanol–water partition coefficient (Wildman–Crippen LogP) is 2.71. The van der Waals surface area contributed by atoms with Gasteiger partial charge in [-0.05, 0) is 49.4 Å². The summed E-state index contributed by atoms with van der Waals surface area (Å²) in [6.07, 6.45) is 4.17. The molecule has 0 aliphatic heterocycles. The fourth-order valence-electron chi connectivity index (χ4n) is 2.68. The summed E-state index contributed by atoms with van der Waals surface area (Å²) in [5.74, 6) is 1.06. The Morgan fingerprint density at radius 2 is 2.20 bits per heavy atom. The van der Waals surface area contributed by atoms with Gasteiger partial charge in [0.2, 0.25) is 0 Å². The number of nitrogens with two attached hydrogens (primary N) is 1. The van der Waals surface area contributed by atoms with E-state index in [-0.39, 0.29) is 5.84 Å². The van der Waals surface area contributed by atoms with Gasteiger partial charge in [0, 0.05) is 18.7 Å². The molecule has 0 bridgehead atoms. The average molecular weight is 275 g/mol. The molecular formula is C16H25N3O. The maximum Gasteiger partial charge on any atom is 0.170 e. The van der Waals surface area contributed by atoms with Crippen LogP contribution in [0.2, 0.25) is 0 Å². The third-order valence-corrected chi connectivity index (χ3v) is 4.33. The van der Waals surface area contributed by atoms with Crippen LogP contribution in [0.25, 0.3) is 0 Å². The summed E-state index contributed by atoms with van der Waals surface area (Å²) in [6.45, 7) is 7.57. The highest BCUT2D eigenvalue weighted by Gasteiger charge is 2.20. The predicted molar refractivity (Wildman–Crippen MR) is 82.0 cm³/mol. The van der Waals surface area contributed by atoms with Crippen LogP contribution in [-0.2, 0) is 6.54 Å². The number of aryl methyl sites for hydroxylation is 1. The molecule has 1 aromatic carbocycles. The highest BCUT2D eigenvalue weighted by molar-refractivity contribution is 5.97. The zero-order valence-corrected chi connectivity index (χ0v) is 12.5. The maximum atomic E-state index is 8.72. The summed E-state index contributed by atoms with van der Waals surface area (Å²) in [6, 6.07) is 6.00. The summed E-state index contributed by atoms with van der Waals surface area (Å²) in [5, 5.41) is 11.8. The second kappa shape index (κ2) is 6.75. The van der Waals surface area contributed by atoms with Gasteiger partial charge in [-0.15, -0.1) is 0 Å². The van der Waals surface area contributed by atoms with Crippen molar-refractivity contribution >= 4 is 5.84 Å². The monoisotopic (exact) mass is 275 g/mol. The number of benzene rings is 1. The van der Waals surface area contributed by atoms with E-state index in [1.165, 1.54) is 36.9 Å². The first kappa shape index (κ1) is 14.9. The largest absolute Gasteiger partial charge is 0.409 e. The van der Waals surface area contributed by atoms with Crippen LogP contribution in [0.3, 0.4) is 0 Å². The highest BCUT2D eigenvalue weighted by atomic mass is 16.4. The van der Waals surface area contributed by atoms with Gasteiger partial charge in [0.15, 0.2) is 5.84 Å². The van der Waals surface area contributed by atoms with Crippen LogP contribution in [0.15, 0.2) is 23.4 Å². The van der Waals surface area contributed by atoms with Gasteiger partial charge in [0.1, 0.15) is 0 Å². The second-order valence-corrected chi connectivity index (χ2v) is 5.75. The smallest absolute Gasteiger partial charge is 0.170 e. The van der Waals surface area contributed by atoms with E-state index in [0.29, 0.717) is 0 Å². The molecule has 0 heterocycles. The van der Waals surface area contributed by atoms with Crippen molar-refractivity contribution in [1.82, 2.24) is 4.90 Å².